The van der Waals surface area contributed by atoms with Crippen molar-refractivity contribution in [2.24, 2.45) is 0 Å². The van der Waals surface area contributed by atoms with Gasteiger partial charge in [0.1, 0.15) is 6.54 Å². The van der Waals surface area contributed by atoms with E-state index in [0.717, 1.165) is 4.90 Å². The molecule has 8 nitrogen and oxygen atoms in total. The number of carbonyl (C=O) groups excluding carboxylic acids is 2. The fourth-order valence-electron chi connectivity index (χ4n) is 2.35. The number of hydrogen-bond donors (Lipinski definition) is 2. The molecule has 0 radical (unpaired) electrons. The smallest absolute Gasteiger partial charge is 0.323 e. The average molecular weight is 356 g/mol. The number of carboxylic acid groups (broad SMARTS) is 1. The molecule has 0 spiro atoms. The molecule has 130 valence electrons. The highest BCUT2D eigenvalue weighted by Crippen LogP contribution is 2.25. The summed E-state index contributed by atoms with van der Waals surface area (Å²) in [5.41, 5.74) is 0.672. The molecule has 0 aromatic heterocycles. The van der Waals surface area contributed by atoms with Crippen LogP contribution in [0.3, 0.4) is 0 Å². The van der Waals surface area contributed by atoms with Crippen LogP contribution < -0.4 is 10.2 Å². The number of aliphatic carboxylic acids is 1. The van der Waals surface area contributed by atoms with Crippen molar-refractivity contribution in [2.75, 3.05) is 44.8 Å². The Morgan fingerprint density at radius 1 is 1.46 bits per heavy atom. The van der Waals surface area contributed by atoms with Gasteiger partial charge in [-0.1, -0.05) is 11.6 Å². The first kappa shape index (κ1) is 18.0. The predicted octanol–water partition coefficient (Wildman–Crippen LogP) is 1.04. The van der Waals surface area contributed by atoms with Gasteiger partial charge < -0.3 is 20.1 Å². The molecular formula is C15H18ClN3O5. The Labute approximate surface area is 143 Å². The number of amides is 3. The van der Waals surface area contributed by atoms with Gasteiger partial charge in [-0.2, -0.15) is 0 Å². The standard InChI is InChI=1S/C15H18ClN3O5/c1-24-7-6-18(9-13(20)21)14(22)11-8-10(2-3-12(11)16)19-5-4-17-15(19)23/h2-3,8H,4-7,9H2,1H3,(H,17,23)(H,20,21). The van der Waals surface area contributed by atoms with Crippen molar-refractivity contribution in [3.8, 4) is 0 Å². The number of anilines is 1. The van der Waals surface area contributed by atoms with E-state index in [1.165, 1.54) is 24.1 Å². The minimum absolute atomic E-state index is 0.117. The summed E-state index contributed by atoms with van der Waals surface area (Å²) in [4.78, 5) is 38.0. The molecule has 1 aliphatic heterocycles. The van der Waals surface area contributed by atoms with Crippen molar-refractivity contribution in [1.82, 2.24) is 10.2 Å². The molecule has 9 heteroatoms. The summed E-state index contributed by atoms with van der Waals surface area (Å²) in [6, 6.07) is 4.40. The molecule has 1 saturated heterocycles. The fourth-order valence-corrected chi connectivity index (χ4v) is 2.55. The number of ether oxygens (including phenoxy) is 1. The van der Waals surface area contributed by atoms with Crippen molar-refractivity contribution in [3.63, 3.8) is 0 Å². The SMILES string of the molecule is COCCN(CC(=O)O)C(=O)c1cc(N2CCNC2=O)ccc1Cl. The van der Waals surface area contributed by atoms with Crippen LogP contribution in [0.1, 0.15) is 10.4 Å². The van der Waals surface area contributed by atoms with Gasteiger partial charge in [-0.25, -0.2) is 4.79 Å². The summed E-state index contributed by atoms with van der Waals surface area (Å²) in [5, 5.41) is 11.8. The lowest BCUT2D eigenvalue weighted by molar-refractivity contribution is -0.137. The van der Waals surface area contributed by atoms with E-state index in [1.54, 1.807) is 6.07 Å². The molecule has 24 heavy (non-hydrogen) atoms. The van der Waals surface area contributed by atoms with Gasteiger partial charge in [-0.05, 0) is 18.2 Å². The maximum atomic E-state index is 12.7. The largest absolute Gasteiger partial charge is 0.480 e. The summed E-state index contributed by atoms with van der Waals surface area (Å²) >= 11 is 6.10. The molecule has 0 bridgehead atoms. The van der Waals surface area contributed by atoms with E-state index in [0.29, 0.717) is 18.8 Å². The number of methoxy groups -OCH3 is 1. The molecule has 1 fully saturated rings. The number of rotatable bonds is 7. The minimum Gasteiger partial charge on any atom is -0.480 e. The quantitative estimate of drug-likeness (QED) is 0.761. The van der Waals surface area contributed by atoms with Crippen LogP contribution in [0.4, 0.5) is 10.5 Å². The van der Waals surface area contributed by atoms with Gasteiger partial charge in [0.2, 0.25) is 0 Å². The lowest BCUT2D eigenvalue weighted by Crippen LogP contribution is -2.38. The Hall–Kier alpha value is -2.32. The second kappa shape index (κ2) is 7.98. The minimum atomic E-state index is -1.13. The van der Waals surface area contributed by atoms with Crippen LogP contribution in [0.2, 0.25) is 5.02 Å². The molecular weight excluding hydrogens is 338 g/mol. The van der Waals surface area contributed by atoms with Gasteiger partial charge >= 0.3 is 12.0 Å². The maximum absolute atomic E-state index is 12.7. The molecule has 0 atom stereocenters. The van der Waals surface area contributed by atoms with E-state index in [9.17, 15) is 14.4 Å². The number of urea groups is 1. The molecule has 1 heterocycles. The summed E-state index contributed by atoms with van der Waals surface area (Å²) in [6.45, 7) is 0.852. The molecule has 0 aliphatic carbocycles. The monoisotopic (exact) mass is 355 g/mol. The Balaban J connectivity index is 2.28. The van der Waals surface area contributed by atoms with E-state index in [2.05, 4.69) is 5.32 Å². The van der Waals surface area contributed by atoms with Crippen LogP contribution in [-0.2, 0) is 9.53 Å². The van der Waals surface area contributed by atoms with Gasteiger partial charge in [0.25, 0.3) is 5.91 Å². The van der Waals surface area contributed by atoms with Crippen molar-refractivity contribution in [2.45, 2.75) is 0 Å². The number of benzene rings is 1. The second-order valence-electron chi connectivity index (χ2n) is 5.16. The highest BCUT2D eigenvalue weighted by atomic mass is 35.5. The van der Waals surface area contributed by atoms with Crippen LogP contribution in [0.25, 0.3) is 0 Å². The molecule has 1 aromatic carbocycles. The number of hydrogen-bond acceptors (Lipinski definition) is 4. The highest BCUT2D eigenvalue weighted by Gasteiger charge is 2.25. The van der Waals surface area contributed by atoms with Crippen molar-refractivity contribution in [3.05, 3.63) is 28.8 Å². The van der Waals surface area contributed by atoms with Gasteiger partial charge in [-0.3, -0.25) is 14.5 Å². The summed E-state index contributed by atoms with van der Waals surface area (Å²) in [5.74, 6) is -1.66. The Morgan fingerprint density at radius 2 is 2.21 bits per heavy atom. The van der Waals surface area contributed by atoms with Crippen LogP contribution in [0.15, 0.2) is 18.2 Å². The molecule has 2 rings (SSSR count). The maximum Gasteiger partial charge on any atom is 0.323 e. The summed E-state index contributed by atoms with van der Waals surface area (Å²) < 4.78 is 4.91. The number of nitrogens with one attached hydrogen (secondary N) is 1. The molecule has 0 unspecified atom stereocenters. The van der Waals surface area contributed by atoms with Gasteiger partial charge in [0.05, 0.1) is 17.2 Å². The Kier molecular flexibility index (Phi) is 5.99. The van der Waals surface area contributed by atoms with E-state index < -0.39 is 18.4 Å². The Morgan fingerprint density at radius 3 is 2.79 bits per heavy atom. The summed E-state index contributed by atoms with van der Waals surface area (Å²) in [6.07, 6.45) is 0. The number of carbonyl (C=O) groups is 3. The van der Waals surface area contributed by atoms with E-state index in [1.807, 2.05) is 0 Å². The zero-order valence-electron chi connectivity index (χ0n) is 13.1. The third-order valence-corrected chi connectivity index (χ3v) is 3.86. The van der Waals surface area contributed by atoms with Crippen molar-refractivity contribution < 1.29 is 24.2 Å². The third kappa shape index (κ3) is 4.15. The van der Waals surface area contributed by atoms with E-state index in [4.69, 9.17) is 21.4 Å². The fraction of sp³-hybridized carbons (Fsp3) is 0.400. The van der Waals surface area contributed by atoms with Crippen LogP contribution in [0.5, 0.6) is 0 Å². The lowest BCUT2D eigenvalue weighted by Gasteiger charge is -2.22. The van der Waals surface area contributed by atoms with Crippen molar-refractivity contribution >= 4 is 35.2 Å². The van der Waals surface area contributed by atoms with E-state index >= 15 is 0 Å². The lowest BCUT2D eigenvalue weighted by atomic mass is 10.1. The number of halogens is 1. The zero-order valence-corrected chi connectivity index (χ0v) is 13.9. The molecule has 0 saturated carbocycles. The zero-order chi connectivity index (χ0) is 17.7. The van der Waals surface area contributed by atoms with Crippen molar-refractivity contribution in [1.29, 1.82) is 0 Å². The molecule has 1 aromatic rings. The second-order valence-corrected chi connectivity index (χ2v) is 5.57. The number of nitrogens with zero attached hydrogens (tertiary/aromatic N) is 2. The first-order valence-electron chi connectivity index (χ1n) is 7.29. The first-order chi connectivity index (χ1) is 11.4. The molecule has 3 amide bonds. The Bertz CT molecular complexity index is 652. The summed E-state index contributed by atoms with van der Waals surface area (Å²) in [7, 11) is 1.46. The predicted molar refractivity (Wildman–Crippen MR) is 87.6 cm³/mol. The molecule has 2 N–H and O–H groups in total. The number of carboxylic acids is 1. The van der Waals surface area contributed by atoms with Gasteiger partial charge in [0, 0.05) is 32.4 Å². The molecule has 1 aliphatic rings. The van der Waals surface area contributed by atoms with Crippen LogP contribution in [0, 0.1) is 0 Å². The van der Waals surface area contributed by atoms with E-state index in [-0.39, 0.29) is 29.8 Å². The first-order valence-corrected chi connectivity index (χ1v) is 7.66. The van der Waals surface area contributed by atoms with Gasteiger partial charge in [0.15, 0.2) is 0 Å². The topological polar surface area (TPSA) is 99.2 Å². The van der Waals surface area contributed by atoms with Crippen LogP contribution >= 0.6 is 11.6 Å². The average Bonchev–Trinajstić information content (AvgIpc) is 2.97. The highest BCUT2D eigenvalue weighted by molar-refractivity contribution is 6.34. The third-order valence-electron chi connectivity index (χ3n) is 3.53. The van der Waals surface area contributed by atoms with Gasteiger partial charge in [-0.15, -0.1) is 0 Å². The normalized spacial score (nSPS) is 13.8. The van der Waals surface area contributed by atoms with Crippen LogP contribution in [-0.4, -0.2) is 67.8 Å².